The van der Waals surface area contributed by atoms with E-state index in [1.165, 1.54) is 4.68 Å². The number of para-hydroxylation sites is 3. The highest BCUT2D eigenvalue weighted by Gasteiger charge is 2.31. The second kappa shape index (κ2) is 8.86. The van der Waals surface area contributed by atoms with Crippen LogP contribution < -0.4 is 21.1 Å². The Kier molecular flexibility index (Phi) is 5.83. The number of amides is 2. The second-order valence-electron chi connectivity index (χ2n) is 7.12. The number of nitrogens with one attached hydrogen (secondary N) is 2. The fraction of sp³-hybridized carbons (Fsp3) is 0.318. The maximum absolute atomic E-state index is 12.9. The summed E-state index contributed by atoms with van der Waals surface area (Å²) in [5, 5.41) is 10.1. The van der Waals surface area contributed by atoms with Gasteiger partial charge in [-0.3, -0.25) is 0 Å². The van der Waals surface area contributed by atoms with Crippen LogP contribution in [0, 0.1) is 0 Å². The molecule has 1 saturated carbocycles. The number of nitrogens with zero attached hydrogens (tertiary/aromatic N) is 3. The zero-order chi connectivity index (χ0) is 20.9. The Morgan fingerprint density at radius 2 is 1.87 bits per heavy atom. The second-order valence-corrected chi connectivity index (χ2v) is 7.12. The molecule has 1 fully saturated rings. The molecule has 1 aromatic heterocycles. The summed E-state index contributed by atoms with van der Waals surface area (Å²) in [6.45, 7) is 2.97. The van der Waals surface area contributed by atoms with E-state index in [1.807, 2.05) is 49.4 Å². The van der Waals surface area contributed by atoms with E-state index in [0.29, 0.717) is 30.5 Å². The number of ether oxygens (including phenoxy) is 1. The number of carbonyl (C=O) groups is 1. The molecule has 2 N–H and O–H groups in total. The number of aromatic nitrogens is 3. The first-order valence-electron chi connectivity index (χ1n) is 10.2. The minimum atomic E-state index is -0.361. The molecule has 0 spiro atoms. The minimum absolute atomic E-state index is 0.188. The molecule has 1 heterocycles. The van der Waals surface area contributed by atoms with Gasteiger partial charge in [0, 0.05) is 12.5 Å². The lowest BCUT2D eigenvalue weighted by molar-refractivity contribution is 0.251. The first-order chi connectivity index (χ1) is 14.7. The van der Waals surface area contributed by atoms with E-state index >= 15 is 0 Å². The summed E-state index contributed by atoms with van der Waals surface area (Å²) in [6, 6.07) is 16.4. The van der Waals surface area contributed by atoms with Gasteiger partial charge in [0.15, 0.2) is 0 Å². The molecule has 0 unspecified atom stereocenters. The van der Waals surface area contributed by atoms with Gasteiger partial charge in [-0.1, -0.05) is 30.3 Å². The van der Waals surface area contributed by atoms with Crippen LogP contribution >= 0.6 is 0 Å². The molecule has 2 amide bonds. The Bertz CT molecular complexity index is 1070. The number of urea groups is 1. The molecular weight excluding hydrogens is 382 g/mol. The summed E-state index contributed by atoms with van der Waals surface area (Å²) in [7, 11) is 0. The number of anilines is 1. The highest BCUT2D eigenvalue weighted by molar-refractivity contribution is 5.90. The predicted molar refractivity (Wildman–Crippen MR) is 114 cm³/mol. The van der Waals surface area contributed by atoms with Gasteiger partial charge in [-0.05, 0) is 44.0 Å². The van der Waals surface area contributed by atoms with Crippen molar-refractivity contribution in [1.82, 2.24) is 19.7 Å². The molecule has 0 bridgehead atoms. The largest absolute Gasteiger partial charge is 0.492 e. The molecule has 1 aliphatic rings. The molecule has 2 aromatic carbocycles. The molecule has 0 aliphatic heterocycles. The van der Waals surface area contributed by atoms with Crippen molar-refractivity contribution in [3.8, 4) is 11.4 Å². The van der Waals surface area contributed by atoms with E-state index in [4.69, 9.17) is 4.74 Å². The number of benzene rings is 2. The van der Waals surface area contributed by atoms with Crippen LogP contribution in [0.25, 0.3) is 5.69 Å². The van der Waals surface area contributed by atoms with Gasteiger partial charge in [0.1, 0.15) is 11.6 Å². The van der Waals surface area contributed by atoms with Crippen LogP contribution in [0.1, 0.15) is 31.5 Å². The average Bonchev–Trinajstić information content (AvgIpc) is 3.55. The standard InChI is InChI=1S/C22H25N5O3/c1-2-30-19-11-7-6-10-18(19)24-21(28)23-14-15-26-22(29)27(17-8-4-3-5-9-17)20(25-26)16-12-13-16/h3-11,16H,2,12-15H2,1H3,(H2,23,24,28). The van der Waals surface area contributed by atoms with Gasteiger partial charge in [-0.2, -0.15) is 5.10 Å². The van der Waals surface area contributed by atoms with Gasteiger partial charge in [0.25, 0.3) is 0 Å². The normalized spacial score (nSPS) is 13.1. The maximum atomic E-state index is 12.9. The number of hydrogen-bond acceptors (Lipinski definition) is 4. The van der Waals surface area contributed by atoms with Crippen LogP contribution in [0.15, 0.2) is 59.4 Å². The number of hydrogen-bond donors (Lipinski definition) is 2. The van der Waals surface area contributed by atoms with Crippen molar-refractivity contribution in [3.05, 3.63) is 70.9 Å². The van der Waals surface area contributed by atoms with E-state index in [-0.39, 0.29) is 18.3 Å². The van der Waals surface area contributed by atoms with E-state index in [2.05, 4.69) is 15.7 Å². The van der Waals surface area contributed by atoms with Crippen molar-refractivity contribution in [3.63, 3.8) is 0 Å². The number of rotatable bonds is 8. The SMILES string of the molecule is CCOc1ccccc1NC(=O)NCCn1nc(C2CC2)n(-c2ccccc2)c1=O. The van der Waals surface area contributed by atoms with E-state index < -0.39 is 0 Å². The Morgan fingerprint density at radius 3 is 2.60 bits per heavy atom. The van der Waals surface area contributed by atoms with Crippen molar-refractivity contribution in [1.29, 1.82) is 0 Å². The summed E-state index contributed by atoms with van der Waals surface area (Å²) >= 11 is 0. The molecule has 1 aliphatic carbocycles. The third-order valence-electron chi connectivity index (χ3n) is 4.87. The van der Waals surface area contributed by atoms with E-state index in [0.717, 1.165) is 24.4 Å². The lowest BCUT2D eigenvalue weighted by atomic mass is 10.3. The monoisotopic (exact) mass is 407 g/mol. The van der Waals surface area contributed by atoms with Gasteiger partial charge >= 0.3 is 11.7 Å². The fourth-order valence-electron chi connectivity index (χ4n) is 3.29. The van der Waals surface area contributed by atoms with Crippen molar-refractivity contribution in [2.24, 2.45) is 0 Å². The highest BCUT2D eigenvalue weighted by Crippen LogP contribution is 2.39. The Hall–Kier alpha value is -3.55. The Labute approximate surface area is 174 Å². The van der Waals surface area contributed by atoms with Gasteiger partial charge in [-0.25, -0.2) is 18.8 Å². The van der Waals surface area contributed by atoms with Crippen LogP contribution in [-0.2, 0) is 6.54 Å². The molecule has 0 atom stereocenters. The molecular formula is C22H25N5O3. The molecule has 0 radical (unpaired) electrons. The van der Waals surface area contributed by atoms with Crippen molar-refractivity contribution in [2.45, 2.75) is 32.2 Å². The third-order valence-corrected chi connectivity index (χ3v) is 4.87. The van der Waals surface area contributed by atoms with Gasteiger partial charge in [-0.15, -0.1) is 0 Å². The first kappa shape index (κ1) is 19.8. The molecule has 8 nitrogen and oxygen atoms in total. The van der Waals surface area contributed by atoms with E-state index in [1.54, 1.807) is 16.7 Å². The molecule has 30 heavy (non-hydrogen) atoms. The van der Waals surface area contributed by atoms with Gasteiger partial charge in [0.2, 0.25) is 0 Å². The summed E-state index contributed by atoms with van der Waals surface area (Å²) < 4.78 is 8.62. The van der Waals surface area contributed by atoms with Crippen molar-refractivity contribution >= 4 is 11.7 Å². The van der Waals surface area contributed by atoms with Crippen molar-refractivity contribution < 1.29 is 9.53 Å². The first-order valence-corrected chi connectivity index (χ1v) is 10.2. The lowest BCUT2D eigenvalue weighted by Crippen LogP contribution is -2.34. The summed E-state index contributed by atoms with van der Waals surface area (Å²) in [4.78, 5) is 25.2. The average molecular weight is 407 g/mol. The fourth-order valence-corrected chi connectivity index (χ4v) is 3.29. The minimum Gasteiger partial charge on any atom is -0.492 e. The van der Waals surface area contributed by atoms with Crippen LogP contribution in [0.5, 0.6) is 5.75 Å². The summed E-state index contributed by atoms with van der Waals surface area (Å²) in [5.74, 6) is 1.73. The zero-order valence-electron chi connectivity index (χ0n) is 16.9. The zero-order valence-corrected chi connectivity index (χ0v) is 16.9. The molecule has 156 valence electrons. The molecule has 0 saturated heterocycles. The van der Waals surface area contributed by atoms with Gasteiger partial charge < -0.3 is 15.4 Å². The van der Waals surface area contributed by atoms with Crippen LogP contribution in [0.4, 0.5) is 10.5 Å². The van der Waals surface area contributed by atoms with Crippen LogP contribution in [0.3, 0.4) is 0 Å². The number of carbonyl (C=O) groups excluding carboxylic acids is 1. The van der Waals surface area contributed by atoms with Crippen molar-refractivity contribution in [2.75, 3.05) is 18.5 Å². The summed E-state index contributed by atoms with van der Waals surface area (Å²) in [6.07, 6.45) is 2.09. The topological polar surface area (TPSA) is 90.2 Å². The predicted octanol–water partition coefficient (Wildman–Crippen LogP) is 3.13. The van der Waals surface area contributed by atoms with E-state index in [9.17, 15) is 9.59 Å². The molecule has 4 rings (SSSR count). The Balaban J connectivity index is 1.41. The lowest BCUT2D eigenvalue weighted by Gasteiger charge is -2.11. The van der Waals surface area contributed by atoms with Crippen LogP contribution in [-0.4, -0.2) is 33.5 Å². The van der Waals surface area contributed by atoms with Gasteiger partial charge in [0.05, 0.1) is 24.5 Å². The maximum Gasteiger partial charge on any atom is 0.350 e. The third kappa shape index (κ3) is 4.37. The molecule has 8 heteroatoms. The Morgan fingerprint density at radius 1 is 1.13 bits per heavy atom. The summed E-state index contributed by atoms with van der Waals surface area (Å²) in [5.41, 5.74) is 1.22. The smallest absolute Gasteiger partial charge is 0.350 e. The quantitative estimate of drug-likeness (QED) is 0.600. The molecule has 3 aromatic rings. The van der Waals surface area contributed by atoms with Crippen LogP contribution in [0.2, 0.25) is 0 Å². The highest BCUT2D eigenvalue weighted by atomic mass is 16.5.